The summed E-state index contributed by atoms with van der Waals surface area (Å²) in [5.41, 5.74) is 1.44. The van der Waals surface area contributed by atoms with Gasteiger partial charge in [-0.2, -0.15) is 0 Å². The van der Waals surface area contributed by atoms with Gasteiger partial charge in [0.1, 0.15) is 5.75 Å². The van der Waals surface area contributed by atoms with Gasteiger partial charge in [0.2, 0.25) is 0 Å². The maximum atomic E-state index is 5.71. The number of piperidine rings is 1. The van der Waals surface area contributed by atoms with E-state index in [4.69, 9.17) is 4.74 Å². The molecule has 0 amide bonds. The molecule has 2 rings (SSSR count). The summed E-state index contributed by atoms with van der Waals surface area (Å²) in [5, 5.41) is 3.45. The van der Waals surface area contributed by atoms with Crippen LogP contribution < -0.4 is 10.1 Å². The van der Waals surface area contributed by atoms with Crippen LogP contribution in [0, 0.1) is 5.92 Å². The predicted molar refractivity (Wildman–Crippen MR) is 71.6 cm³/mol. The molecule has 2 atom stereocenters. The lowest BCUT2D eigenvalue weighted by Crippen LogP contribution is -2.33. The van der Waals surface area contributed by atoms with E-state index >= 15 is 0 Å². The standard InChI is InChI=1S/C15H23NO/c1-3-9-17-14-6-4-5-13(10-14)15-7-8-16-11-12(15)2/h4-6,10,12,15-16H,3,7-9,11H2,1-2H3. The van der Waals surface area contributed by atoms with Crippen molar-refractivity contribution in [2.45, 2.75) is 32.6 Å². The highest BCUT2D eigenvalue weighted by molar-refractivity contribution is 5.31. The van der Waals surface area contributed by atoms with Gasteiger partial charge in [0, 0.05) is 0 Å². The quantitative estimate of drug-likeness (QED) is 0.862. The Kier molecular flexibility index (Phi) is 4.43. The predicted octanol–water partition coefficient (Wildman–Crippen LogP) is 3.19. The van der Waals surface area contributed by atoms with E-state index in [-0.39, 0.29) is 0 Å². The minimum Gasteiger partial charge on any atom is -0.494 e. The average molecular weight is 233 g/mol. The monoisotopic (exact) mass is 233 g/mol. The molecule has 0 radical (unpaired) electrons. The Morgan fingerprint density at radius 3 is 3.06 bits per heavy atom. The van der Waals surface area contributed by atoms with Crippen LogP contribution in [0.3, 0.4) is 0 Å². The highest BCUT2D eigenvalue weighted by atomic mass is 16.5. The molecule has 1 saturated heterocycles. The van der Waals surface area contributed by atoms with Crippen molar-refractivity contribution in [3.63, 3.8) is 0 Å². The van der Waals surface area contributed by atoms with Crippen molar-refractivity contribution in [3.8, 4) is 5.75 Å². The molecule has 1 fully saturated rings. The summed E-state index contributed by atoms with van der Waals surface area (Å²) in [6.07, 6.45) is 2.30. The molecule has 1 heterocycles. The van der Waals surface area contributed by atoms with Crippen molar-refractivity contribution in [2.75, 3.05) is 19.7 Å². The SMILES string of the molecule is CCCOc1cccc(C2CCNCC2C)c1. The van der Waals surface area contributed by atoms with Crippen LogP contribution in [0.25, 0.3) is 0 Å². The van der Waals surface area contributed by atoms with Crippen LogP contribution >= 0.6 is 0 Å². The fourth-order valence-electron chi connectivity index (χ4n) is 2.56. The van der Waals surface area contributed by atoms with Gasteiger partial charge in [-0.15, -0.1) is 0 Å². The van der Waals surface area contributed by atoms with Gasteiger partial charge in [-0.05, 0) is 55.5 Å². The molecule has 0 saturated carbocycles. The van der Waals surface area contributed by atoms with E-state index in [1.807, 2.05) is 0 Å². The molecule has 1 aliphatic rings. The molecule has 2 unspecified atom stereocenters. The second-order valence-electron chi connectivity index (χ2n) is 5.00. The largest absolute Gasteiger partial charge is 0.494 e. The first kappa shape index (κ1) is 12.4. The van der Waals surface area contributed by atoms with Crippen LogP contribution in [0.4, 0.5) is 0 Å². The van der Waals surface area contributed by atoms with Crippen molar-refractivity contribution in [1.29, 1.82) is 0 Å². The molecule has 0 aliphatic carbocycles. The molecule has 0 spiro atoms. The molecule has 1 N–H and O–H groups in total. The first-order chi connectivity index (χ1) is 8.31. The van der Waals surface area contributed by atoms with Gasteiger partial charge in [0.15, 0.2) is 0 Å². The fraction of sp³-hybridized carbons (Fsp3) is 0.600. The van der Waals surface area contributed by atoms with Crippen molar-refractivity contribution in [2.24, 2.45) is 5.92 Å². The van der Waals surface area contributed by atoms with Gasteiger partial charge in [0.05, 0.1) is 6.61 Å². The molecular weight excluding hydrogens is 210 g/mol. The third kappa shape index (κ3) is 3.22. The number of hydrogen-bond acceptors (Lipinski definition) is 2. The van der Waals surface area contributed by atoms with Crippen LogP contribution in [0.15, 0.2) is 24.3 Å². The van der Waals surface area contributed by atoms with Crippen molar-refractivity contribution in [3.05, 3.63) is 29.8 Å². The molecule has 2 heteroatoms. The van der Waals surface area contributed by atoms with Gasteiger partial charge >= 0.3 is 0 Å². The van der Waals surface area contributed by atoms with E-state index in [1.54, 1.807) is 0 Å². The summed E-state index contributed by atoms with van der Waals surface area (Å²) in [7, 11) is 0. The maximum absolute atomic E-state index is 5.71. The number of ether oxygens (including phenoxy) is 1. The van der Waals surface area contributed by atoms with E-state index < -0.39 is 0 Å². The minimum absolute atomic E-state index is 0.682. The Morgan fingerprint density at radius 2 is 2.29 bits per heavy atom. The van der Waals surface area contributed by atoms with Crippen molar-refractivity contribution < 1.29 is 4.74 Å². The summed E-state index contributed by atoms with van der Waals surface area (Å²) in [6, 6.07) is 8.65. The molecule has 0 aromatic heterocycles. The lowest BCUT2D eigenvalue weighted by Gasteiger charge is -2.30. The Bertz CT molecular complexity index is 351. The first-order valence-corrected chi connectivity index (χ1v) is 6.74. The topological polar surface area (TPSA) is 21.3 Å². The summed E-state index contributed by atoms with van der Waals surface area (Å²) in [4.78, 5) is 0. The third-order valence-electron chi connectivity index (χ3n) is 3.54. The summed E-state index contributed by atoms with van der Waals surface area (Å²) in [6.45, 7) is 7.54. The first-order valence-electron chi connectivity index (χ1n) is 6.74. The molecule has 1 aliphatic heterocycles. The third-order valence-corrected chi connectivity index (χ3v) is 3.54. The van der Waals surface area contributed by atoms with Crippen LogP contribution in [0.1, 0.15) is 38.2 Å². The second-order valence-corrected chi connectivity index (χ2v) is 5.00. The zero-order valence-corrected chi connectivity index (χ0v) is 10.9. The Balaban J connectivity index is 2.08. The molecule has 1 aromatic rings. The lowest BCUT2D eigenvalue weighted by atomic mass is 9.82. The summed E-state index contributed by atoms with van der Waals surface area (Å²) < 4.78 is 5.71. The summed E-state index contributed by atoms with van der Waals surface area (Å²) in [5.74, 6) is 2.42. The van der Waals surface area contributed by atoms with E-state index in [9.17, 15) is 0 Å². The van der Waals surface area contributed by atoms with Gasteiger partial charge in [-0.1, -0.05) is 26.0 Å². The zero-order chi connectivity index (χ0) is 12.1. The van der Waals surface area contributed by atoms with E-state index in [0.717, 1.165) is 31.9 Å². The van der Waals surface area contributed by atoms with Crippen LogP contribution in [0.5, 0.6) is 5.75 Å². The molecule has 1 aromatic carbocycles. The molecular formula is C15H23NO. The van der Waals surface area contributed by atoms with Crippen molar-refractivity contribution in [1.82, 2.24) is 5.32 Å². The van der Waals surface area contributed by atoms with E-state index in [2.05, 4.69) is 43.4 Å². The normalized spacial score (nSPS) is 24.6. The van der Waals surface area contributed by atoms with E-state index in [0.29, 0.717) is 11.8 Å². The Labute approximate surface area is 104 Å². The maximum Gasteiger partial charge on any atom is 0.119 e. The molecule has 2 nitrogen and oxygen atoms in total. The highest BCUT2D eigenvalue weighted by Gasteiger charge is 2.22. The van der Waals surface area contributed by atoms with Crippen LogP contribution in [0.2, 0.25) is 0 Å². The Hall–Kier alpha value is -1.02. The van der Waals surface area contributed by atoms with Gasteiger partial charge in [-0.25, -0.2) is 0 Å². The highest BCUT2D eigenvalue weighted by Crippen LogP contribution is 2.31. The van der Waals surface area contributed by atoms with Gasteiger partial charge in [-0.3, -0.25) is 0 Å². The number of rotatable bonds is 4. The summed E-state index contributed by atoms with van der Waals surface area (Å²) >= 11 is 0. The minimum atomic E-state index is 0.682. The van der Waals surface area contributed by atoms with Crippen LogP contribution in [-0.2, 0) is 0 Å². The van der Waals surface area contributed by atoms with E-state index in [1.165, 1.54) is 12.0 Å². The Morgan fingerprint density at radius 1 is 1.41 bits per heavy atom. The number of benzene rings is 1. The zero-order valence-electron chi connectivity index (χ0n) is 10.9. The van der Waals surface area contributed by atoms with Gasteiger partial charge in [0.25, 0.3) is 0 Å². The molecule has 0 bridgehead atoms. The van der Waals surface area contributed by atoms with Gasteiger partial charge < -0.3 is 10.1 Å². The molecule has 94 valence electrons. The number of hydrogen-bond donors (Lipinski definition) is 1. The average Bonchev–Trinajstić information content (AvgIpc) is 2.37. The fourth-order valence-corrected chi connectivity index (χ4v) is 2.56. The second kappa shape index (κ2) is 6.06. The number of nitrogens with one attached hydrogen (secondary N) is 1. The lowest BCUT2D eigenvalue weighted by molar-refractivity contribution is 0.314. The van der Waals surface area contributed by atoms with Crippen molar-refractivity contribution >= 4 is 0 Å². The smallest absolute Gasteiger partial charge is 0.119 e. The van der Waals surface area contributed by atoms with Crippen LogP contribution in [-0.4, -0.2) is 19.7 Å². The molecule has 17 heavy (non-hydrogen) atoms.